The van der Waals surface area contributed by atoms with Crippen molar-refractivity contribution in [2.45, 2.75) is 0 Å². The van der Waals surface area contributed by atoms with E-state index in [2.05, 4.69) is 21.2 Å². The molecule has 0 aromatic heterocycles. The number of rotatable bonds is 6. The lowest BCUT2D eigenvalue weighted by Gasteiger charge is -2.14. The van der Waals surface area contributed by atoms with E-state index in [0.717, 1.165) is 0 Å². The summed E-state index contributed by atoms with van der Waals surface area (Å²) in [5.41, 5.74) is 2.15. The van der Waals surface area contributed by atoms with Gasteiger partial charge in [0.05, 0.1) is 17.2 Å². The summed E-state index contributed by atoms with van der Waals surface area (Å²) in [4.78, 5) is 37.5. The van der Waals surface area contributed by atoms with E-state index in [-0.39, 0.29) is 29.7 Å². The standard InChI is InChI=1S/C25H18BrNO5/c1-31-21-13-15(11-19-23(29)17-9-5-6-10-18(17)24(19)30)12-20(26)25(21)32-14-22(28)27-16-7-3-2-4-8-16/h2-13H,14H2,1H3,(H,27,28). The maximum atomic E-state index is 12.6. The minimum atomic E-state index is -0.323. The zero-order valence-electron chi connectivity index (χ0n) is 17.1. The number of ketones is 2. The summed E-state index contributed by atoms with van der Waals surface area (Å²) in [5.74, 6) is -0.243. The normalized spacial score (nSPS) is 12.4. The first kappa shape index (κ1) is 21.5. The van der Waals surface area contributed by atoms with Crippen molar-refractivity contribution in [2.24, 2.45) is 0 Å². The van der Waals surface area contributed by atoms with Crippen LogP contribution in [-0.2, 0) is 4.79 Å². The topological polar surface area (TPSA) is 81.7 Å². The Hall–Kier alpha value is -3.71. The van der Waals surface area contributed by atoms with E-state index < -0.39 is 0 Å². The molecule has 4 rings (SSSR count). The van der Waals surface area contributed by atoms with Crippen molar-refractivity contribution in [1.82, 2.24) is 0 Å². The van der Waals surface area contributed by atoms with Gasteiger partial charge < -0.3 is 14.8 Å². The summed E-state index contributed by atoms with van der Waals surface area (Å²) in [6.45, 7) is -0.226. The molecule has 32 heavy (non-hydrogen) atoms. The number of carbonyl (C=O) groups excluding carboxylic acids is 3. The van der Waals surface area contributed by atoms with E-state index in [1.54, 1.807) is 48.5 Å². The molecule has 1 aliphatic rings. The molecule has 0 radical (unpaired) electrons. The van der Waals surface area contributed by atoms with Crippen molar-refractivity contribution >= 4 is 45.2 Å². The van der Waals surface area contributed by atoms with Gasteiger partial charge in [0.25, 0.3) is 5.91 Å². The van der Waals surface area contributed by atoms with E-state index in [4.69, 9.17) is 9.47 Å². The van der Waals surface area contributed by atoms with Crippen molar-refractivity contribution in [1.29, 1.82) is 0 Å². The second kappa shape index (κ2) is 9.20. The highest BCUT2D eigenvalue weighted by Crippen LogP contribution is 2.38. The van der Waals surface area contributed by atoms with Crippen LogP contribution in [0.5, 0.6) is 11.5 Å². The predicted molar refractivity (Wildman–Crippen MR) is 124 cm³/mol. The Morgan fingerprint density at radius 3 is 2.22 bits per heavy atom. The summed E-state index contributed by atoms with van der Waals surface area (Å²) in [5, 5.41) is 2.74. The second-order valence-corrected chi connectivity index (χ2v) is 7.85. The first-order valence-corrected chi connectivity index (χ1v) is 10.5. The Balaban J connectivity index is 1.54. The number of nitrogens with one attached hydrogen (secondary N) is 1. The fourth-order valence-corrected chi connectivity index (χ4v) is 3.96. The molecular weight excluding hydrogens is 474 g/mol. The summed E-state index contributed by atoms with van der Waals surface area (Å²) in [6.07, 6.45) is 1.53. The molecule has 160 valence electrons. The van der Waals surface area contributed by atoms with Crippen LogP contribution in [0.4, 0.5) is 5.69 Å². The zero-order valence-corrected chi connectivity index (χ0v) is 18.6. The third-order valence-corrected chi connectivity index (χ3v) is 5.46. The van der Waals surface area contributed by atoms with Gasteiger partial charge in [-0.05, 0) is 51.8 Å². The van der Waals surface area contributed by atoms with Crippen LogP contribution in [-0.4, -0.2) is 31.2 Å². The molecule has 0 saturated carbocycles. The van der Waals surface area contributed by atoms with E-state index in [1.165, 1.54) is 13.2 Å². The number of Topliss-reactive ketones (excluding diaryl/α,β-unsaturated/α-hetero) is 2. The van der Waals surface area contributed by atoms with E-state index in [0.29, 0.717) is 38.3 Å². The minimum Gasteiger partial charge on any atom is -0.493 e. The van der Waals surface area contributed by atoms with Crippen LogP contribution in [0.1, 0.15) is 26.3 Å². The number of carbonyl (C=O) groups is 3. The number of benzene rings is 3. The molecule has 0 bridgehead atoms. The van der Waals surface area contributed by atoms with E-state index >= 15 is 0 Å². The largest absolute Gasteiger partial charge is 0.493 e. The number of ether oxygens (including phenoxy) is 2. The number of hydrogen-bond donors (Lipinski definition) is 1. The van der Waals surface area contributed by atoms with Crippen molar-refractivity contribution < 1.29 is 23.9 Å². The van der Waals surface area contributed by atoms with Crippen LogP contribution in [0.2, 0.25) is 0 Å². The third-order valence-electron chi connectivity index (χ3n) is 4.87. The Kier molecular flexibility index (Phi) is 6.18. The lowest BCUT2D eigenvalue weighted by Crippen LogP contribution is -2.20. The number of amides is 1. The highest BCUT2D eigenvalue weighted by molar-refractivity contribution is 9.10. The van der Waals surface area contributed by atoms with Gasteiger partial charge in [-0.1, -0.05) is 42.5 Å². The van der Waals surface area contributed by atoms with Crippen molar-refractivity contribution in [3.05, 3.63) is 93.5 Å². The quantitative estimate of drug-likeness (QED) is 0.390. The zero-order chi connectivity index (χ0) is 22.7. The molecule has 1 N–H and O–H groups in total. The number of hydrogen-bond acceptors (Lipinski definition) is 5. The molecule has 0 heterocycles. The van der Waals surface area contributed by atoms with Crippen LogP contribution >= 0.6 is 15.9 Å². The van der Waals surface area contributed by atoms with Gasteiger partial charge in [0.1, 0.15) is 0 Å². The monoisotopic (exact) mass is 491 g/mol. The van der Waals surface area contributed by atoms with Crippen molar-refractivity contribution in [3.8, 4) is 11.5 Å². The summed E-state index contributed by atoms with van der Waals surface area (Å²) < 4.78 is 11.6. The molecule has 0 unspecified atom stereocenters. The fourth-order valence-electron chi connectivity index (χ4n) is 3.39. The fraction of sp³-hybridized carbons (Fsp3) is 0.0800. The minimum absolute atomic E-state index is 0.0936. The first-order chi connectivity index (χ1) is 15.5. The van der Waals surface area contributed by atoms with E-state index in [9.17, 15) is 14.4 Å². The molecule has 0 saturated heterocycles. The van der Waals surface area contributed by atoms with Gasteiger partial charge in [-0.25, -0.2) is 0 Å². The number of anilines is 1. The van der Waals surface area contributed by atoms with Gasteiger partial charge >= 0.3 is 0 Å². The number of allylic oxidation sites excluding steroid dienone is 1. The van der Waals surface area contributed by atoms with Gasteiger partial charge in [0.2, 0.25) is 0 Å². The average Bonchev–Trinajstić information content (AvgIpc) is 3.03. The molecule has 3 aromatic rings. The van der Waals surface area contributed by atoms with Crippen molar-refractivity contribution in [2.75, 3.05) is 19.0 Å². The van der Waals surface area contributed by atoms with Gasteiger partial charge in [-0.2, -0.15) is 0 Å². The lowest BCUT2D eigenvalue weighted by molar-refractivity contribution is -0.118. The summed E-state index contributed by atoms with van der Waals surface area (Å²) in [7, 11) is 1.47. The number of methoxy groups -OCH3 is 1. The maximum absolute atomic E-state index is 12.6. The molecule has 6 nitrogen and oxygen atoms in total. The molecule has 0 spiro atoms. The number of halogens is 1. The first-order valence-electron chi connectivity index (χ1n) is 9.73. The second-order valence-electron chi connectivity index (χ2n) is 7.00. The summed E-state index contributed by atoms with van der Waals surface area (Å²) in [6, 6.07) is 19.1. The smallest absolute Gasteiger partial charge is 0.262 e. The van der Waals surface area contributed by atoms with Crippen LogP contribution in [0, 0.1) is 0 Å². The van der Waals surface area contributed by atoms with Gasteiger partial charge in [-0.15, -0.1) is 0 Å². The maximum Gasteiger partial charge on any atom is 0.262 e. The van der Waals surface area contributed by atoms with Crippen LogP contribution in [0.15, 0.2) is 76.8 Å². The Morgan fingerprint density at radius 2 is 1.59 bits per heavy atom. The van der Waals surface area contributed by atoms with E-state index in [1.807, 2.05) is 18.2 Å². The predicted octanol–water partition coefficient (Wildman–Crippen LogP) is 4.94. The highest BCUT2D eigenvalue weighted by Gasteiger charge is 2.32. The summed E-state index contributed by atoms with van der Waals surface area (Å²) >= 11 is 3.43. The van der Waals surface area contributed by atoms with Gasteiger partial charge in [0, 0.05) is 16.8 Å². The van der Waals surface area contributed by atoms with Crippen molar-refractivity contribution in [3.63, 3.8) is 0 Å². The highest BCUT2D eigenvalue weighted by atomic mass is 79.9. The molecule has 7 heteroatoms. The van der Waals surface area contributed by atoms with Crippen LogP contribution < -0.4 is 14.8 Å². The van der Waals surface area contributed by atoms with Gasteiger partial charge in [-0.3, -0.25) is 14.4 Å². The Morgan fingerprint density at radius 1 is 0.969 bits per heavy atom. The SMILES string of the molecule is COc1cc(C=C2C(=O)c3ccccc3C2=O)cc(Br)c1OCC(=O)Nc1ccccc1. The molecule has 0 atom stereocenters. The number of para-hydroxylation sites is 1. The molecule has 0 fully saturated rings. The number of fused-ring (bicyclic) bond motifs is 1. The molecule has 1 aliphatic carbocycles. The van der Waals surface area contributed by atoms with Crippen LogP contribution in [0.3, 0.4) is 0 Å². The average molecular weight is 492 g/mol. The molecule has 1 amide bonds. The molecule has 3 aromatic carbocycles. The molecular formula is C25H18BrNO5. The van der Waals surface area contributed by atoms with Gasteiger partial charge in [0.15, 0.2) is 29.7 Å². The third kappa shape index (κ3) is 4.33. The Bertz CT molecular complexity index is 1210. The molecule has 0 aliphatic heterocycles. The lowest BCUT2D eigenvalue weighted by atomic mass is 10.1. The Labute approximate surface area is 193 Å². The van der Waals surface area contributed by atoms with Crippen LogP contribution in [0.25, 0.3) is 6.08 Å².